The summed E-state index contributed by atoms with van der Waals surface area (Å²) in [6.45, 7) is 9.23. The maximum atomic E-state index is 12.1. The summed E-state index contributed by atoms with van der Waals surface area (Å²) in [5, 5.41) is 5.57. The summed E-state index contributed by atoms with van der Waals surface area (Å²) in [6.07, 6.45) is 4.24. The molecule has 5 heteroatoms. The van der Waals surface area contributed by atoms with Crippen molar-refractivity contribution in [3.05, 3.63) is 29.3 Å². The van der Waals surface area contributed by atoms with Crippen LogP contribution >= 0.6 is 0 Å². The van der Waals surface area contributed by atoms with Crippen LogP contribution in [0.2, 0.25) is 0 Å². The van der Waals surface area contributed by atoms with E-state index in [1.165, 1.54) is 12.8 Å². The minimum Gasteiger partial charge on any atom is -0.345 e. The number of benzene rings is 1. The van der Waals surface area contributed by atoms with Crippen molar-refractivity contribution in [2.45, 2.75) is 52.5 Å². The van der Waals surface area contributed by atoms with Gasteiger partial charge in [-0.1, -0.05) is 31.0 Å². The first-order valence-electron chi connectivity index (χ1n) is 8.91. The number of rotatable bonds is 5. The van der Waals surface area contributed by atoms with E-state index >= 15 is 0 Å². The molecule has 2 rings (SSSR count). The average molecular weight is 331 g/mol. The van der Waals surface area contributed by atoms with Crippen LogP contribution in [0.1, 0.15) is 43.7 Å². The molecule has 1 aliphatic rings. The molecule has 1 aromatic rings. The van der Waals surface area contributed by atoms with Gasteiger partial charge in [0.1, 0.15) is 0 Å². The summed E-state index contributed by atoms with van der Waals surface area (Å²) in [5.41, 5.74) is 2.78. The topological polar surface area (TPSA) is 61.4 Å². The van der Waals surface area contributed by atoms with E-state index in [0.717, 1.165) is 43.6 Å². The summed E-state index contributed by atoms with van der Waals surface area (Å²) < 4.78 is 0. The van der Waals surface area contributed by atoms with E-state index in [9.17, 15) is 9.59 Å². The zero-order valence-electron chi connectivity index (χ0n) is 15.0. The standard InChI is InChI=1S/C19H29N3O2/c1-4-5-10-22-11-8-16(9-12-22)20-18(23)19(24)21-17-7-6-14(2)13-15(17)3/h6-7,13,16H,4-5,8-12H2,1-3H3,(H,20,23)(H,21,24). The molecule has 0 saturated carbocycles. The summed E-state index contributed by atoms with van der Waals surface area (Å²) in [7, 11) is 0. The second-order valence-corrected chi connectivity index (χ2v) is 6.72. The van der Waals surface area contributed by atoms with Gasteiger partial charge in [-0.15, -0.1) is 0 Å². The Morgan fingerprint density at radius 3 is 2.50 bits per heavy atom. The van der Waals surface area contributed by atoms with E-state index in [4.69, 9.17) is 0 Å². The lowest BCUT2D eigenvalue weighted by molar-refractivity contribution is -0.136. The zero-order valence-corrected chi connectivity index (χ0v) is 15.0. The molecule has 0 unspecified atom stereocenters. The van der Waals surface area contributed by atoms with Gasteiger partial charge in [-0.3, -0.25) is 9.59 Å². The van der Waals surface area contributed by atoms with Crippen LogP contribution in [0.15, 0.2) is 18.2 Å². The van der Waals surface area contributed by atoms with Crippen molar-refractivity contribution in [3.8, 4) is 0 Å². The number of amides is 2. The highest BCUT2D eigenvalue weighted by Gasteiger charge is 2.23. The highest BCUT2D eigenvalue weighted by atomic mass is 16.2. The number of nitrogens with zero attached hydrogens (tertiary/aromatic N) is 1. The molecule has 0 bridgehead atoms. The van der Waals surface area contributed by atoms with Gasteiger partial charge in [-0.25, -0.2) is 0 Å². The molecule has 132 valence electrons. The second-order valence-electron chi connectivity index (χ2n) is 6.72. The van der Waals surface area contributed by atoms with E-state index < -0.39 is 11.8 Å². The van der Waals surface area contributed by atoms with Crippen LogP contribution in [-0.4, -0.2) is 42.4 Å². The van der Waals surface area contributed by atoms with Gasteiger partial charge >= 0.3 is 11.8 Å². The van der Waals surface area contributed by atoms with Crippen molar-refractivity contribution in [1.82, 2.24) is 10.2 Å². The zero-order chi connectivity index (χ0) is 17.5. The molecule has 1 aromatic carbocycles. The molecule has 0 atom stereocenters. The average Bonchev–Trinajstić information content (AvgIpc) is 2.56. The Bertz CT molecular complexity index is 578. The normalized spacial score (nSPS) is 16.0. The summed E-state index contributed by atoms with van der Waals surface area (Å²) in [4.78, 5) is 26.6. The molecule has 24 heavy (non-hydrogen) atoms. The Hall–Kier alpha value is -1.88. The number of hydrogen-bond acceptors (Lipinski definition) is 3. The van der Waals surface area contributed by atoms with Crippen molar-refractivity contribution in [3.63, 3.8) is 0 Å². The lowest BCUT2D eigenvalue weighted by Gasteiger charge is -2.32. The van der Waals surface area contributed by atoms with E-state index in [-0.39, 0.29) is 6.04 Å². The van der Waals surface area contributed by atoms with E-state index in [1.54, 1.807) is 0 Å². The fraction of sp³-hybridized carbons (Fsp3) is 0.579. The van der Waals surface area contributed by atoms with Crippen molar-refractivity contribution < 1.29 is 9.59 Å². The number of hydrogen-bond donors (Lipinski definition) is 2. The molecule has 0 spiro atoms. The molecule has 1 saturated heterocycles. The van der Waals surface area contributed by atoms with Crippen LogP contribution in [0.3, 0.4) is 0 Å². The van der Waals surface area contributed by atoms with Crippen LogP contribution in [-0.2, 0) is 9.59 Å². The lowest BCUT2D eigenvalue weighted by Crippen LogP contribution is -2.47. The Morgan fingerprint density at radius 2 is 1.88 bits per heavy atom. The van der Waals surface area contributed by atoms with Gasteiger partial charge in [0.25, 0.3) is 0 Å². The molecule has 2 N–H and O–H groups in total. The van der Waals surface area contributed by atoms with Gasteiger partial charge in [-0.05, 0) is 51.3 Å². The molecular formula is C19H29N3O2. The van der Waals surface area contributed by atoms with Crippen LogP contribution in [0.25, 0.3) is 0 Å². The van der Waals surface area contributed by atoms with Gasteiger partial charge in [0.2, 0.25) is 0 Å². The maximum Gasteiger partial charge on any atom is 0.313 e. The van der Waals surface area contributed by atoms with Gasteiger partial charge in [-0.2, -0.15) is 0 Å². The van der Waals surface area contributed by atoms with Crippen molar-refractivity contribution in [2.75, 3.05) is 25.0 Å². The number of anilines is 1. The third-order valence-corrected chi connectivity index (χ3v) is 4.59. The van der Waals surface area contributed by atoms with Crippen molar-refractivity contribution >= 4 is 17.5 Å². The number of carbonyl (C=O) groups excluding carboxylic acids is 2. The minimum atomic E-state index is -0.588. The quantitative estimate of drug-likeness (QED) is 0.815. The molecule has 1 fully saturated rings. The molecule has 0 radical (unpaired) electrons. The fourth-order valence-corrected chi connectivity index (χ4v) is 3.07. The van der Waals surface area contributed by atoms with Crippen LogP contribution < -0.4 is 10.6 Å². The maximum absolute atomic E-state index is 12.1. The summed E-state index contributed by atoms with van der Waals surface area (Å²) in [5.74, 6) is -1.13. The number of aryl methyl sites for hydroxylation is 2. The Kier molecular flexibility index (Phi) is 6.79. The van der Waals surface area contributed by atoms with Crippen LogP contribution in [0.5, 0.6) is 0 Å². The Balaban J connectivity index is 1.79. The molecule has 5 nitrogen and oxygen atoms in total. The molecule has 0 aliphatic carbocycles. The van der Waals surface area contributed by atoms with Gasteiger partial charge in [0, 0.05) is 24.8 Å². The predicted molar refractivity (Wildman–Crippen MR) is 97.1 cm³/mol. The van der Waals surface area contributed by atoms with Crippen molar-refractivity contribution in [1.29, 1.82) is 0 Å². The first kappa shape index (κ1) is 18.5. The number of piperidine rings is 1. The first-order valence-corrected chi connectivity index (χ1v) is 8.91. The minimum absolute atomic E-state index is 0.0974. The second kappa shape index (κ2) is 8.83. The molecule has 2 amide bonds. The van der Waals surface area contributed by atoms with Gasteiger partial charge in [0.15, 0.2) is 0 Å². The summed E-state index contributed by atoms with van der Waals surface area (Å²) in [6, 6.07) is 5.84. The van der Waals surface area contributed by atoms with Gasteiger partial charge < -0.3 is 15.5 Å². The number of carbonyl (C=O) groups is 2. The van der Waals surface area contributed by atoms with Crippen molar-refractivity contribution in [2.24, 2.45) is 0 Å². The fourth-order valence-electron chi connectivity index (χ4n) is 3.07. The monoisotopic (exact) mass is 331 g/mol. The molecule has 1 heterocycles. The van der Waals surface area contributed by atoms with Crippen LogP contribution in [0.4, 0.5) is 5.69 Å². The third kappa shape index (κ3) is 5.34. The Labute approximate surface area is 144 Å². The summed E-state index contributed by atoms with van der Waals surface area (Å²) >= 11 is 0. The van der Waals surface area contributed by atoms with E-state index in [2.05, 4.69) is 22.5 Å². The van der Waals surface area contributed by atoms with Crippen LogP contribution in [0, 0.1) is 13.8 Å². The molecular weight excluding hydrogens is 302 g/mol. The SMILES string of the molecule is CCCCN1CCC(NC(=O)C(=O)Nc2ccc(C)cc2C)CC1. The first-order chi connectivity index (χ1) is 11.5. The molecule has 0 aromatic heterocycles. The predicted octanol–water partition coefficient (Wildman–Crippen LogP) is 2.62. The number of nitrogens with one attached hydrogen (secondary N) is 2. The Morgan fingerprint density at radius 1 is 1.17 bits per heavy atom. The highest BCUT2D eigenvalue weighted by molar-refractivity contribution is 6.39. The number of unbranched alkanes of at least 4 members (excludes halogenated alkanes) is 1. The lowest BCUT2D eigenvalue weighted by atomic mass is 10.0. The smallest absolute Gasteiger partial charge is 0.313 e. The number of likely N-dealkylation sites (tertiary alicyclic amines) is 1. The van der Waals surface area contributed by atoms with Gasteiger partial charge in [0.05, 0.1) is 0 Å². The van der Waals surface area contributed by atoms with E-state index in [1.807, 2.05) is 32.0 Å². The third-order valence-electron chi connectivity index (χ3n) is 4.59. The molecule has 1 aliphatic heterocycles. The van der Waals surface area contributed by atoms with E-state index in [0.29, 0.717) is 5.69 Å². The largest absolute Gasteiger partial charge is 0.345 e. The highest BCUT2D eigenvalue weighted by Crippen LogP contribution is 2.16.